The predicted octanol–water partition coefficient (Wildman–Crippen LogP) is 2.44. The molecule has 0 spiro atoms. The highest BCUT2D eigenvalue weighted by molar-refractivity contribution is 5.66. The molecule has 0 saturated heterocycles. The lowest BCUT2D eigenvalue weighted by Gasteiger charge is -2.12. The van der Waals surface area contributed by atoms with Gasteiger partial charge in [-0.15, -0.1) is 0 Å². The summed E-state index contributed by atoms with van der Waals surface area (Å²) in [4.78, 5) is 25.1. The molecule has 3 aromatic heterocycles. The Labute approximate surface area is 168 Å². The summed E-state index contributed by atoms with van der Waals surface area (Å²) in [5.74, 6) is 2.62. The van der Waals surface area contributed by atoms with Crippen LogP contribution in [0, 0.1) is 19.8 Å². The second-order valence-corrected chi connectivity index (χ2v) is 7.31. The number of pyridine rings is 1. The Morgan fingerprint density at radius 3 is 2.76 bits per heavy atom. The van der Waals surface area contributed by atoms with Crippen LogP contribution < -0.4 is 15.0 Å². The van der Waals surface area contributed by atoms with Gasteiger partial charge in [0.1, 0.15) is 17.3 Å². The monoisotopic (exact) mass is 393 g/mol. The Kier molecular flexibility index (Phi) is 5.00. The van der Waals surface area contributed by atoms with Crippen LogP contribution in [0.5, 0.6) is 11.6 Å². The smallest absolute Gasteiger partial charge is 0.266 e. The van der Waals surface area contributed by atoms with Crippen molar-refractivity contribution in [2.24, 2.45) is 13.0 Å². The van der Waals surface area contributed by atoms with Crippen molar-refractivity contribution in [2.75, 3.05) is 13.7 Å². The summed E-state index contributed by atoms with van der Waals surface area (Å²) >= 11 is 0. The van der Waals surface area contributed by atoms with Crippen LogP contribution in [0.2, 0.25) is 0 Å². The predicted molar refractivity (Wildman–Crippen MR) is 107 cm³/mol. The van der Waals surface area contributed by atoms with E-state index < -0.39 is 0 Å². The molecular formula is C21H23N5O3. The zero-order chi connectivity index (χ0) is 20.5. The zero-order valence-corrected chi connectivity index (χ0v) is 16.9. The van der Waals surface area contributed by atoms with E-state index in [1.54, 1.807) is 32.6 Å². The number of hydrogen-bond acceptors (Lipinski definition) is 7. The molecule has 0 N–H and O–H groups in total. The molecule has 3 heterocycles. The number of nitrogens with zero attached hydrogens (tertiary/aromatic N) is 5. The van der Waals surface area contributed by atoms with E-state index in [4.69, 9.17) is 9.47 Å². The Balaban J connectivity index is 1.52. The standard InChI is InChI=1S/C21H23N5O3/c1-12-7-19(27)26(3)25-20(12)17-10-22-13(2)24-21(17)29-11-14-8-16(14)18-6-5-15(28-4)9-23-18/h5-7,9-10,14,16H,8,11H2,1-4H3/t14-,16+/m1/s1. The first-order valence-corrected chi connectivity index (χ1v) is 9.48. The van der Waals surface area contributed by atoms with Crippen molar-refractivity contribution in [1.29, 1.82) is 0 Å². The molecule has 0 aliphatic heterocycles. The molecule has 3 aromatic rings. The van der Waals surface area contributed by atoms with E-state index in [0.717, 1.165) is 23.4 Å². The summed E-state index contributed by atoms with van der Waals surface area (Å²) < 4.78 is 12.6. The van der Waals surface area contributed by atoms with E-state index in [2.05, 4.69) is 20.1 Å². The van der Waals surface area contributed by atoms with Crippen LogP contribution in [-0.2, 0) is 7.05 Å². The summed E-state index contributed by atoms with van der Waals surface area (Å²) in [7, 11) is 3.25. The van der Waals surface area contributed by atoms with Crippen molar-refractivity contribution >= 4 is 0 Å². The molecule has 1 fully saturated rings. The Hall–Kier alpha value is -3.29. The Morgan fingerprint density at radius 2 is 2.03 bits per heavy atom. The van der Waals surface area contributed by atoms with Crippen molar-refractivity contribution in [1.82, 2.24) is 24.7 Å². The van der Waals surface area contributed by atoms with E-state index in [1.807, 2.05) is 26.0 Å². The lowest BCUT2D eigenvalue weighted by Crippen LogP contribution is -2.20. The first-order chi connectivity index (χ1) is 14.0. The minimum absolute atomic E-state index is 0.158. The summed E-state index contributed by atoms with van der Waals surface area (Å²) in [5, 5.41) is 4.38. The van der Waals surface area contributed by atoms with Gasteiger partial charge < -0.3 is 9.47 Å². The first kappa shape index (κ1) is 19.0. The molecule has 0 radical (unpaired) electrons. The molecule has 150 valence electrons. The molecule has 1 saturated carbocycles. The number of rotatable bonds is 6. The molecule has 1 aliphatic rings. The van der Waals surface area contributed by atoms with Crippen molar-refractivity contribution in [3.63, 3.8) is 0 Å². The molecule has 8 heteroatoms. The van der Waals surface area contributed by atoms with E-state index in [0.29, 0.717) is 41.4 Å². The molecule has 2 atom stereocenters. The molecule has 0 aromatic carbocycles. The molecule has 1 aliphatic carbocycles. The lowest BCUT2D eigenvalue weighted by molar-refractivity contribution is 0.285. The quantitative estimate of drug-likeness (QED) is 0.635. The van der Waals surface area contributed by atoms with Gasteiger partial charge in [0.05, 0.1) is 25.5 Å². The van der Waals surface area contributed by atoms with Crippen LogP contribution in [0.1, 0.15) is 29.4 Å². The molecule has 0 unspecified atom stereocenters. The van der Waals surface area contributed by atoms with Crippen LogP contribution in [-0.4, -0.2) is 38.4 Å². The highest BCUT2D eigenvalue weighted by Crippen LogP contribution is 2.47. The summed E-state index contributed by atoms with van der Waals surface area (Å²) in [6.45, 7) is 4.20. The van der Waals surface area contributed by atoms with Gasteiger partial charge in [0, 0.05) is 36.8 Å². The molecular weight excluding hydrogens is 370 g/mol. The number of ether oxygens (including phenoxy) is 2. The summed E-state index contributed by atoms with van der Waals surface area (Å²) in [5.41, 5.74) is 2.98. The van der Waals surface area contributed by atoms with Crippen LogP contribution in [0.15, 0.2) is 35.4 Å². The summed E-state index contributed by atoms with van der Waals surface area (Å²) in [6, 6.07) is 5.48. The topological polar surface area (TPSA) is 92.0 Å². The van der Waals surface area contributed by atoms with Gasteiger partial charge in [-0.2, -0.15) is 10.1 Å². The van der Waals surface area contributed by atoms with Gasteiger partial charge in [0.2, 0.25) is 5.88 Å². The minimum Gasteiger partial charge on any atom is -0.495 e. The van der Waals surface area contributed by atoms with E-state index in [-0.39, 0.29) is 5.56 Å². The van der Waals surface area contributed by atoms with Gasteiger partial charge in [-0.05, 0) is 38.0 Å². The average Bonchev–Trinajstić information content (AvgIpc) is 3.49. The maximum Gasteiger partial charge on any atom is 0.266 e. The van der Waals surface area contributed by atoms with Crippen molar-refractivity contribution in [2.45, 2.75) is 26.2 Å². The largest absolute Gasteiger partial charge is 0.495 e. The van der Waals surface area contributed by atoms with Crippen molar-refractivity contribution < 1.29 is 9.47 Å². The second-order valence-electron chi connectivity index (χ2n) is 7.31. The average molecular weight is 393 g/mol. The third-order valence-corrected chi connectivity index (χ3v) is 5.14. The van der Waals surface area contributed by atoms with Crippen LogP contribution >= 0.6 is 0 Å². The Morgan fingerprint density at radius 1 is 1.21 bits per heavy atom. The fraction of sp³-hybridized carbons (Fsp3) is 0.381. The van der Waals surface area contributed by atoms with E-state index >= 15 is 0 Å². The second kappa shape index (κ2) is 7.62. The zero-order valence-electron chi connectivity index (χ0n) is 16.9. The molecule has 4 rings (SSSR count). The van der Waals surface area contributed by atoms with Gasteiger partial charge in [0.15, 0.2) is 0 Å². The van der Waals surface area contributed by atoms with Gasteiger partial charge in [0.25, 0.3) is 5.56 Å². The van der Waals surface area contributed by atoms with Crippen LogP contribution in [0.25, 0.3) is 11.3 Å². The third-order valence-electron chi connectivity index (χ3n) is 5.14. The first-order valence-electron chi connectivity index (χ1n) is 9.48. The highest BCUT2D eigenvalue weighted by Gasteiger charge is 2.40. The normalized spacial score (nSPS) is 17.8. The summed E-state index contributed by atoms with van der Waals surface area (Å²) in [6.07, 6.45) is 4.47. The van der Waals surface area contributed by atoms with Gasteiger partial charge in [-0.25, -0.2) is 9.67 Å². The Bertz CT molecular complexity index is 1090. The fourth-order valence-corrected chi connectivity index (χ4v) is 3.32. The lowest BCUT2D eigenvalue weighted by atomic mass is 10.1. The minimum atomic E-state index is -0.158. The van der Waals surface area contributed by atoms with Crippen molar-refractivity contribution in [3.8, 4) is 22.9 Å². The number of aryl methyl sites for hydroxylation is 3. The van der Waals surface area contributed by atoms with Crippen LogP contribution in [0.4, 0.5) is 0 Å². The molecule has 0 bridgehead atoms. The number of methoxy groups -OCH3 is 1. The van der Waals surface area contributed by atoms with E-state index in [9.17, 15) is 4.79 Å². The molecule has 0 amide bonds. The van der Waals surface area contributed by atoms with Gasteiger partial charge in [-0.1, -0.05) is 0 Å². The maximum atomic E-state index is 11.8. The highest BCUT2D eigenvalue weighted by atomic mass is 16.5. The number of aromatic nitrogens is 5. The van der Waals surface area contributed by atoms with Gasteiger partial charge in [-0.3, -0.25) is 9.78 Å². The SMILES string of the molecule is COc1ccc([C@H]2C[C@@H]2COc2nc(C)ncc2-c2nn(C)c(=O)cc2C)nc1. The van der Waals surface area contributed by atoms with Crippen LogP contribution in [0.3, 0.4) is 0 Å². The molecule has 8 nitrogen and oxygen atoms in total. The maximum absolute atomic E-state index is 11.8. The fourth-order valence-electron chi connectivity index (χ4n) is 3.32. The van der Waals surface area contributed by atoms with Crippen molar-refractivity contribution in [3.05, 3.63) is 58.0 Å². The molecule has 29 heavy (non-hydrogen) atoms. The number of hydrogen-bond donors (Lipinski definition) is 0. The van der Waals surface area contributed by atoms with Gasteiger partial charge >= 0.3 is 0 Å². The third kappa shape index (κ3) is 3.96. The van der Waals surface area contributed by atoms with E-state index in [1.165, 1.54) is 4.68 Å².